The van der Waals surface area contributed by atoms with Crippen molar-refractivity contribution in [2.45, 2.75) is 20.0 Å². The zero-order valence-electron chi connectivity index (χ0n) is 19.4. The normalized spacial score (nSPS) is 11.8. The second-order valence-corrected chi connectivity index (χ2v) is 7.87. The van der Waals surface area contributed by atoms with E-state index in [2.05, 4.69) is 5.32 Å². The number of benzene rings is 3. The van der Waals surface area contributed by atoms with Crippen molar-refractivity contribution in [2.75, 3.05) is 12.4 Å². The number of nitrogens with one attached hydrogen (secondary N) is 1. The van der Waals surface area contributed by atoms with Gasteiger partial charge in [-0.1, -0.05) is 42.5 Å². The van der Waals surface area contributed by atoms with E-state index in [-0.39, 0.29) is 16.8 Å². The Hall–Kier alpha value is -4.33. The van der Waals surface area contributed by atoms with Crippen LogP contribution in [0.1, 0.15) is 23.0 Å². The van der Waals surface area contributed by atoms with Crippen LogP contribution in [0.2, 0.25) is 0 Å². The molecule has 3 aromatic carbocycles. The Labute approximate surface area is 196 Å². The third kappa shape index (κ3) is 4.17. The number of anilines is 1. The van der Waals surface area contributed by atoms with Crippen molar-refractivity contribution in [3.05, 3.63) is 88.3 Å². The van der Waals surface area contributed by atoms with E-state index in [0.717, 1.165) is 10.8 Å². The van der Waals surface area contributed by atoms with Gasteiger partial charge in [0.15, 0.2) is 6.10 Å². The number of carbonyl (C=O) groups excluding carboxylic acids is 2. The number of nitrogens with zero attached hydrogens (tertiary/aromatic N) is 2. The minimum absolute atomic E-state index is 0.127. The molecule has 1 heterocycles. The fraction of sp³-hybridized carbons (Fsp3) is 0.192. The molecule has 0 radical (unpaired) electrons. The second kappa shape index (κ2) is 9.27. The molecule has 0 aliphatic carbocycles. The zero-order chi connectivity index (χ0) is 24.4. The number of amides is 1. The van der Waals surface area contributed by atoms with Gasteiger partial charge in [0, 0.05) is 7.05 Å². The number of hydrogen-bond acceptors (Lipinski definition) is 5. The summed E-state index contributed by atoms with van der Waals surface area (Å²) in [5.74, 6) is -0.961. The lowest BCUT2D eigenvalue weighted by Gasteiger charge is -2.15. The van der Waals surface area contributed by atoms with Crippen molar-refractivity contribution in [1.82, 2.24) is 9.36 Å². The Morgan fingerprint density at radius 2 is 1.59 bits per heavy atom. The van der Waals surface area contributed by atoms with Gasteiger partial charge in [-0.2, -0.15) is 0 Å². The molecular weight excluding hydrogens is 434 g/mol. The van der Waals surface area contributed by atoms with Gasteiger partial charge in [-0.3, -0.25) is 14.3 Å². The Morgan fingerprint density at radius 3 is 2.24 bits per heavy atom. The minimum atomic E-state index is -1.15. The van der Waals surface area contributed by atoms with Crippen LogP contribution in [-0.2, 0) is 16.6 Å². The maximum atomic E-state index is 13.0. The van der Waals surface area contributed by atoms with Crippen molar-refractivity contribution in [3.63, 3.8) is 0 Å². The fourth-order valence-electron chi connectivity index (χ4n) is 3.76. The lowest BCUT2D eigenvalue weighted by molar-refractivity contribution is -0.123. The van der Waals surface area contributed by atoms with Gasteiger partial charge < -0.3 is 14.8 Å². The number of aromatic nitrogens is 2. The fourth-order valence-corrected chi connectivity index (χ4v) is 3.76. The summed E-state index contributed by atoms with van der Waals surface area (Å²) in [4.78, 5) is 38.7. The molecule has 1 amide bonds. The Bertz CT molecular complexity index is 1440. The molecule has 174 valence electrons. The van der Waals surface area contributed by atoms with Crippen LogP contribution in [0.3, 0.4) is 0 Å². The molecule has 1 atom stereocenters. The first-order valence-electron chi connectivity index (χ1n) is 10.7. The molecule has 1 aromatic heterocycles. The minimum Gasteiger partial charge on any atom is -0.496 e. The van der Waals surface area contributed by atoms with Gasteiger partial charge in [-0.25, -0.2) is 9.48 Å². The molecule has 0 bridgehead atoms. The van der Waals surface area contributed by atoms with Crippen molar-refractivity contribution in [1.29, 1.82) is 0 Å². The molecular formula is C26H25N3O5. The molecule has 4 aromatic rings. The third-order valence-electron chi connectivity index (χ3n) is 5.74. The predicted molar refractivity (Wildman–Crippen MR) is 130 cm³/mol. The lowest BCUT2D eigenvalue weighted by Crippen LogP contribution is -2.32. The second-order valence-electron chi connectivity index (χ2n) is 7.87. The standard InChI is InChI=1S/C26H25N3O5/c1-16-23(25(31)29(28(16)3)20-12-6-5-7-13-20)27-24(30)17(2)34-26(32)21-14-18-10-8-9-11-19(18)15-22(21)33-4/h5-15,17H,1-4H3,(H,27,30)/t17-/m1/s1. The molecule has 0 unspecified atom stereocenters. The zero-order valence-corrected chi connectivity index (χ0v) is 19.4. The molecule has 0 spiro atoms. The van der Waals surface area contributed by atoms with Crippen LogP contribution in [0.4, 0.5) is 5.69 Å². The van der Waals surface area contributed by atoms with Crippen LogP contribution in [0.15, 0.2) is 71.5 Å². The van der Waals surface area contributed by atoms with Gasteiger partial charge in [0.2, 0.25) is 0 Å². The molecule has 34 heavy (non-hydrogen) atoms. The van der Waals surface area contributed by atoms with Crippen molar-refractivity contribution < 1.29 is 19.1 Å². The summed E-state index contributed by atoms with van der Waals surface area (Å²) in [7, 11) is 3.20. The highest BCUT2D eigenvalue weighted by molar-refractivity contribution is 6.01. The largest absolute Gasteiger partial charge is 0.496 e. The Kier molecular flexibility index (Phi) is 6.23. The average Bonchev–Trinajstić information content (AvgIpc) is 3.06. The van der Waals surface area contributed by atoms with Crippen LogP contribution in [0, 0.1) is 6.92 Å². The van der Waals surface area contributed by atoms with Crippen LogP contribution in [-0.4, -0.2) is 34.5 Å². The summed E-state index contributed by atoms with van der Waals surface area (Å²) in [6, 6.07) is 20.1. The van der Waals surface area contributed by atoms with E-state index in [1.165, 1.54) is 18.7 Å². The maximum absolute atomic E-state index is 13.0. The lowest BCUT2D eigenvalue weighted by atomic mass is 10.1. The third-order valence-corrected chi connectivity index (χ3v) is 5.74. The van der Waals surface area contributed by atoms with E-state index >= 15 is 0 Å². The highest BCUT2D eigenvalue weighted by Crippen LogP contribution is 2.27. The molecule has 0 saturated carbocycles. The molecule has 4 rings (SSSR count). The predicted octanol–water partition coefficient (Wildman–Crippen LogP) is 3.83. The van der Waals surface area contributed by atoms with Gasteiger partial charge in [0.05, 0.1) is 18.5 Å². The van der Waals surface area contributed by atoms with Gasteiger partial charge in [-0.15, -0.1) is 0 Å². The van der Waals surface area contributed by atoms with E-state index in [4.69, 9.17) is 9.47 Å². The quantitative estimate of drug-likeness (QED) is 0.443. The number of ether oxygens (including phenoxy) is 2. The number of esters is 1. The summed E-state index contributed by atoms with van der Waals surface area (Å²) >= 11 is 0. The van der Waals surface area contributed by atoms with Gasteiger partial charge >= 0.3 is 5.97 Å². The molecule has 1 N–H and O–H groups in total. The molecule has 0 saturated heterocycles. The van der Waals surface area contributed by atoms with Crippen LogP contribution in [0.25, 0.3) is 16.5 Å². The van der Waals surface area contributed by atoms with Gasteiger partial charge in [0.25, 0.3) is 11.5 Å². The van der Waals surface area contributed by atoms with E-state index < -0.39 is 18.0 Å². The van der Waals surface area contributed by atoms with E-state index in [1.807, 2.05) is 42.5 Å². The first-order chi connectivity index (χ1) is 16.3. The Morgan fingerprint density at radius 1 is 0.971 bits per heavy atom. The summed E-state index contributed by atoms with van der Waals surface area (Å²) in [5, 5.41) is 4.38. The molecule has 8 nitrogen and oxygen atoms in total. The van der Waals surface area contributed by atoms with Crippen molar-refractivity contribution >= 4 is 28.3 Å². The molecule has 0 aliphatic heterocycles. The average molecular weight is 460 g/mol. The first kappa shape index (κ1) is 22.8. The van der Waals surface area contributed by atoms with Crippen LogP contribution in [0.5, 0.6) is 5.75 Å². The summed E-state index contributed by atoms with van der Waals surface area (Å²) < 4.78 is 13.9. The number of rotatable bonds is 6. The smallest absolute Gasteiger partial charge is 0.342 e. The molecule has 8 heteroatoms. The summed E-state index contributed by atoms with van der Waals surface area (Å²) in [6.45, 7) is 3.18. The maximum Gasteiger partial charge on any atom is 0.342 e. The van der Waals surface area contributed by atoms with Gasteiger partial charge in [0.1, 0.15) is 17.0 Å². The van der Waals surface area contributed by atoms with E-state index in [1.54, 1.807) is 42.9 Å². The molecule has 0 aliphatic rings. The highest BCUT2D eigenvalue weighted by atomic mass is 16.5. The number of hydrogen-bond donors (Lipinski definition) is 1. The van der Waals surface area contributed by atoms with E-state index in [9.17, 15) is 14.4 Å². The van der Waals surface area contributed by atoms with Gasteiger partial charge in [-0.05, 0) is 48.9 Å². The van der Waals surface area contributed by atoms with Crippen molar-refractivity contribution in [3.8, 4) is 11.4 Å². The first-order valence-corrected chi connectivity index (χ1v) is 10.7. The summed E-state index contributed by atoms with van der Waals surface area (Å²) in [6.07, 6.45) is -1.15. The highest BCUT2D eigenvalue weighted by Gasteiger charge is 2.25. The number of para-hydroxylation sites is 1. The number of fused-ring (bicyclic) bond motifs is 1. The van der Waals surface area contributed by atoms with Crippen LogP contribution < -0.4 is 15.6 Å². The topological polar surface area (TPSA) is 91.6 Å². The Balaban J connectivity index is 1.55. The van der Waals surface area contributed by atoms with Crippen LogP contribution >= 0.6 is 0 Å². The summed E-state index contributed by atoms with van der Waals surface area (Å²) in [5.41, 5.74) is 1.19. The SMILES string of the molecule is COc1cc2ccccc2cc1C(=O)O[C@H](C)C(=O)Nc1c(C)n(C)n(-c2ccccc2)c1=O. The van der Waals surface area contributed by atoms with E-state index in [0.29, 0.717) is 17.1 Å². The molecule has 0 fully saturated rings. The number of methoxy groups -OCH3 is 1. The number of carbonyl (C=O) groups is 2. The van der Waals surface area contributed by atoms with Crippen molar-refractivity contribution in [2.24, 2.45) is 7.05 Å². The monoisotopic (exact) mass is 459 g/mol.